The molecule has 1 unspecified atom stereocenters. The van der Waals surface area contributed by atoms with Crippen molar-refractivity contribution in [2.45, 2.75) is 12.3 Å². The summed E-state index contributed by atoms with van der Waals surface area (Å²) in [7, 11) is 0. The summed E-state index contributed by atoms with van der Waals surface area (Å²) < 4.78 is 52.7. The van der Waals surface area contributed by atoms with E-state index in [0.29, 0.717) is 6.07 Å². The van der Waals surface area contributed by atoms with Crippen molar-refractivity contribution >= 4 is 5.97 Å². The zero-order chi connectivity index (χ0) is 16.5. The highest BCUT2D eigenvalue weighted by Gasteiger charge is 2.35. The fourth-order valence-electron chi connectivity index (χ4n) is 2.02. The van der Waals surface area contributed by atoms with E-state index in [9.17, 15) is 27.5 Å². The van der Waals surface area contributed by atoms with Crippen LogP contribution in [0, 0.1) is 5.82 Å². The molecule has 0 bridgehead atoms. The second-order valence-corrected chi connectivity index (χ2v) is 4.55. The maximum atomic E-state index is 13.2. The molecule has 0 saturated heterocycles. The van der Waals surface area contributed by atoms with Crippen LogP contribution in [0.4, 0.5) is 17.6 Å². The maximum absolute atomic E-state index is 13.2. The van der Waals surface area contributed by atoms with Gasteiger partial charge in [0.1, 0.15) is 5.82 Å². The number of aliphatic carboxylic acids is 1. The van der Waals surface area contributed by atoms with E-state index in [1.165, 1.54) is 12.1 Å². The van der Waals surface area contributed by atoms with Crippen LogP contribution in [-0.4, -0.2) is 16.2 Å². The first-order valence-corrected chi connectivity index (χ1v) is 6.08. The number of benzene rings is 2. The Morgan fingerprint density at radius 3 is 2.32 bits per heavy atom. The Kier molecular flexibility index (Phi) is 4.18. The highest BCUT2D eigenvalue weighted by atomic mass is 19.4. The smallest absolute Gasteiger partial charge is 0.417 e. The Labute approximate surface area is 122 Å². The van der Waals surface area contributed by atoms with E-state index in [0.717, 1.165) is 24.3 Å². The van der Waals surface area contributed by atoms with Crippen LogP contribution in [0.3, 0.4) is 0 Å². The van der Waals surface area contributed by atoms with Gasteiger partial charge in [-0.2, -0.15) is 13.2 Å². The minimum atomic E-state index is -4.78. The first-order chi connectivity index (χ1) is 10.2. The molecular formula is C15H10F4O3. The van der Waals surface area contributed by atoms with Crippen LogP contribution < -0.4 is 0 Å². The Hall–Kier alpha value is -2.41. The number of alkyl halides is 3. The van der Waals surface area contributed by atoms with Crippen molar-refractivity contribution in [3.63, 3.8) is 0 Å². The molecule has 0 aromatic heterocycles. The molecule has 3 nitrogen and oxygen atoms in total. The van der Waals surface area contributed by atoms with Crippen molar-refractivity contribution in [3.8, 4) is 11.1 Å². The third-order valence-electron chi connectivity index (χ3n) is 3.03. The number of carbonyl (C=O) groups is 1. The fraction of sp³-hybridized carbons (Fsp3) is 0.133. The van der Waals surface area contributed by atoms with Crippen molar-refractivity contribution in [1.82, 2.24) is 0 Å². The largest absolute Gasteiger partial charge is 0.479 e. The Balaban J connectivity index is 2.62. The van der Waals surface area contributed by atoms with Gasteiger partial charge < -0.3 is 10.2 Å². The summed E-state index contributed by atoms with van der Waals surface area (Å²) in [5.74, 6) is -2.35. The molecule has 1 atom stereocenters. The molecule has 0 aliphatic rings. The molecule has 0 fully saturated rings. The van der Waals surface area contributed by atoms with Gasteiger partial charge in [0.05, 0.1) is 5.56 Å². The van der Waals surface area contributed by atoms with Crippen LogP contribution in [-0.2, 0) is 11.0 Å². The first kappa shape index (κ1) is 16.0. The molecule has 7 heteroatoms. The molecule has 0 spiro atoms. The van der Waals surface area contributed by atoms with Gasteiger partial charge in [0.2, 0.25) is 0 Å². The van der Waals surface area contributed by atoms with Crippen LogP contribution in [0.25, 0.3) is 11.1 Å². The van der Waals surface area contributed by atoms with Crippen LogP contribution in [0.5, 0.6) is 0 Å². The Morgan fingerprint density at radius 2 is 1.77 bits per heavy atom. The lowest BCUT2D eigenvalue weighted by molar-refractivity contribution is -0.147. The van der Waals surface area contributed by atoms with Crippen LogP contribution in [0.2, 0.25) is 0 Å². The minimum Gasteiger partial charge on any atom is -0.479 e. The number of hydrogen-bond acceptors (Lipinski definition) is 2. The van der Waals surface area contributed by atoms with E-state index in [1.54, 1.807) is 0 Å². The number of hydrogen-bond donors (Lipinski definition) is 2. The average Bonchev–Trinajstić information content (AvgIpc) is 2.45. The summed E-state index contributed by atoms with van der Waals surface area (Å²) in [6, 6.07) is 7.25. The summed E-state index contributed by atoms with van der Waals surface area (Å²) in [4.78, 5) is 10.7. The van der Waals surface area contributed by atoms with Crippen molar-refractivity contribution in [3.05, 3.63) is 59.4 Å². The number of halogens is 4. The lowest BCUT2D eigenvalue weighted by Gasteiger charge is -2.16. The summed E-state index contributed by atoms with van der Waals surface area (Å²) >= 11 is 0. The summed E-state index contributed by atoms with van der Waals surface area (Å²) in [6.07, 6.45) is -6.85. The standard InChI is InChI=1S/C15H10F4O3/c16-10-3-1-2-8(6-10)11-5-4-9(13(20)14(21)22)7-12(11)15(17,18)19/h1-7,13,20H,(H,21,22). The lowest BCUT2D eigenvalue weighted by atomic mass is 9.95. The van der Waals surface area contributed by atoms with Crippen molar-refractivity contribution in [2.75, 3.05) is 0 Å². The van der Waals surface area contributed by atoms with E-state index in [4.69, 9.17) is 5.11 Å². The number of aliphatic hydroxyl groups excluding tert-OH is 1. The highest BCUT2D eigenvalue weighted by Crippen LogP contribution is 2.38. The zero-order valence-electron chi connectivity index (χ0n) is 10.9. The second kappa shape index (κ2) is 5.76. The molecule has 22 heavy (non-hydrogen) atoms. The number of rotatable bonds is 3. The van der Waals surface area contributed by atoms with Gasteiger partial charge in [0, 0.05) is 0 Å². The molecule has 0 aliphatic heterocycles. The summed E-state index contributed by atoms with van der Waals surface area (Å²) in [6.45, 7) is 0. The fourth-order valence-corrected chi connectivity index (χ4v) is 2.02. The molecule has 0 saturated carbocycles. The SMILES string of the molecule is O=C(O)C(O)c1ccc(-c2cccc(F)c2)c(C(F)(F)F)c1. The van der Waals surface area contributed by atoms with Gasteiger partial charge in [0.15, 0.2) is 6.10 Å². The molecule has 2 aromatic carbocycles. The lowest BCUT2D eigenvalue weighted by Crippen LogP contribution is -2.13. The Morgan fingerprint density at radius 1 is 1.09 bits per heavy atom. The van der Waals surface area contributed by atoms with E-state index < -0.39 is 35.2 Å². The molecular weight excluding hydrogens is 304 g/mol. The third kappa shape index (κ3) is 3.25. The van der Waals surface area contributed by atoms with Gasteiger partial charge in [-0.15, -0.1) is 0 Å². The maximum Gasteiger partial charge on any atom is 0.417 e. The predicted octanol–water partition coefficient (Wildman–Crippen LogP) is 3.63. The topological polar surface area (TPSA) is 57.5 Å². The van der Waals surface area contributed by atoms with E-state index in [2.05, 4.69) is 0 Å². The van der Waals surface area contributed by atoms with Crippen molar-refractivity contribution in [1.29, 1.82) is 0 Å². The van der Waals surface area contributed by atoms with Crippen molar-refractivity contribution < 1.29 is 32.6 Å². The van der Waals surface area contributed by atoms with Crippen molar-refractivity contribution in [2.24, 2.45) is 0 Å². The number of carboxylic acids is 1. The molecule has 0 amide bonds. The van der Waals surface area contributed by atoms with Gasteiger partial charge in [-0.1, -0.05) is 24.3 Å². The van der Waals surface area contributed by atoms with Gasteiger partial charge in [-0.3, -0.25) is 0 Å². The quantitative estimate of drug-likeness (QED) is 0.851. The monoisotopic (exact) mass is 314 g/mol. The average molecular weight is 314 g/mol. The third-order valence-corrected chi connectivity index (χ3v) is 3.03. The molecule has 0 aliphatic carbocycles. The van der Waals surface area contributed by atoms with E-state index in [-0.39, 0.29) is 11.1 Å². The Bertz CT molecular complexity index is 710. The minimum absolute atomic E-state index is 0.00342. The number of carboxylic acid groups (broad SMARTS) is 1. The molecule has 2 aromatic rings. The van der Waals surface area contributed by atoms with E-state index >= 15 is 0 Å². The predicted molar refractivity (Wildman–Crippen MR) is 69.4 cm³/mol. The molecule has 116 valence electrons. The molecule has 0 radical (unpaired) electrons. The number of aliphatic hydroxyl groups is 1. The van der Waals surface area contributed by atoms with Crippen LogP contribution in [0.15, 0.2) is 42.5 Å². The van der Waals surface area contributed by atoms with Crippen LogP contribution >= 0.6 is 0 Å². The van der Waals surface area contributed by atoms with Gasteiger partial charge >= 0.3 is 12.1 Å². The molecule has 2 rings (SSSR count). The van der Waals surface area contributed by atoms with Gasteiger partial charge in [0.25, 0.3) is 0 Å². The summed E-state index contributed by atoms with van der Waals surface area (Å²) in [5, 5.41) is 18.0. The summed E-state index contributed by atoms with van der Waals surface area (Å²) in [5.41, 5.74) is -1.84. The first-order valence-electron chi connectivity index (χ1n) is 6.08. The molecule has 2 N–H and O–H groups in total. The second-order valence-electron chi connectivity index (χ2n) is 4.55. The highest BCUT2D eigenvalue weighted by molar-refractivity contribution is 5.75. The zero-order valence-corrected chi connectivity index (χ0v) is 10.9. The van der Waals surface area contributed by atoms with E-state index in [1.807, 2.05) is 0 Å². The van der Waals surface area contributed by atoms with Crippen LogP contribution in [0.1, 0.15) is 17.2 Å². The van der Waals surface area contributed by atoms with Gasteiger partial charge in [-0.25, -0.2) is 9.18 Å². The van der Waals surface area contributed by atoms with Gasteiger partial charge in [-0.05, 0) is 34.9 Å². The molecule has 0 heterocycles. The normalized spacial score (nSPS) is 13.0.